The number of hydrogen-bond donors (Lipinski definition) is 1. The normalized spacial score (nSPS) is 14.7. The highest BCUT2D eigenvalue weighted by Gasteiger charge is 2.17. The van der Waals surface area contributed by atoms with E-state index >= 15 is 0 Å². The van der Waals surface area contributed by atoms with Crippen LogP contribution in [-0.2, 0) is 4.79 Å². The Morgan fingerprint density at radius 1 is 1.53 bits per heavy atom. The molecule has 1 amide bonds. The Morgan fingerprint density at radius 2 is 2.13 bits per heavy atom. The second-order valence-corrected chi connectivity index (χ2v) is 4.97. The van der Waals surface area contributed by atoms with Gasteiger partial charge in [0.1, 0.15) is 0 Å². The van der Waals surface area contributed by atoms with Crippen LogP contribution >= 0.6 is 11.8 Å². The van der Waals surface area contributed by atoms with Crippen molar-refractivity contribution in [3.05, 3.63) is 0 Å². The maximum absolute atomic E-state index is 11.8. The van der Waals surface area contributed by atoms with Crippen LogP contribution in [-0.4, -0.2) is 41.9 Å². The van der Waals surface area contributed by atoms with Crippen molar-refractivity contribution in [3.8, 4) is 0 Å². The average Bonchev–Trinajstić information content (AvgIpc) is 2.17. The van der Waals surface area contributed by atoms with Crippen molar-refractivity contribution in [1.82, 2.24) is 4.90 Å². The van der Waals surface area contributed by atoms with Crippen LogP contribution in [0.2, 0.25) is 0 Å². The molecule has 0 aliphatic rings. The Bertz CT molecular complexity index is 187. The van der Waals surface area contributed by atoms with Gasteiger partial charge in [0.2, 0.25) is 5.91 Å². The molecule has 0 aliphatic carbocycles. The Kier molecular flexibility index (Phi) is 7.88. The van der Waals surface area contributed by atoms with Crippen LogP contribution in [0.4, 0.5) is 0 Å². The highest BCUT2D eigenvalue weighted by atomic mass is 32.2. The SMILES string of the molecule is CCCC(N)CC(=O)N(C)C(C)CSC. The molecule has 90 valence electrons. The van der Waals surface area contributed by atoms with Gasteiger partial charge in [-0.15, -0.1) is 0 Å². The zero-order valence-electron chi connectivity index (χ0n) is 10.3. The molecule has 0 aromatic rings. The summed E-state index contributed by atoms with van der Waals surface area (Å²) in [5.41, 5.74) is 5.84. The molecule has 0 bridgehead atoms. The minimum Gasteiger partial charge on any atom is -0.342 e. The van der Waals surface area contributed by atoms with Crippen LogP contribution in [0, 0.1) is 0 Å². The van der Waals surface area contributed by atoms with Gasteiger partial charge in [0.15, 0.2) is 0 Å². The quantitative estimate of drug-likeness (QED) is 0.727. The summed E-state index contributed by atoms with van der Waals surface area (Å²) >= 11 is 1.76. The molecule has 0 saturated heterocycles. The topological polar surface area (TPSA) is 46.3 Å². The molecule has 2 unspecified atom stereocenters. The molecule has 0 radical (unpaired) electrons. The first kappa shape index (κ1) is 14.8. The molecule has 3 nitrogen and oxygen atoms in total. The molecule has 0 aromatic heterocycles. The Labute approximate surface area is 97.8 Å². The minimum atomic E-state index is 0.0198. The predicted octanol–water partition coefficient (Wildman–Crippen LogP) is 1.71. The molecule has 0 aromatic carbocycles. The van der Waals surface area contributed by atoms with E-state index in [0.717, 1.165) is 18.6 Å². The van der Waals surface area contributed by atoms with Crippen molar-refractivity contribution in [2.24, 2.45) is 5.73 Å². The lowest BCUT2D eigenvalue weighted by Crippen LogP contribution is -2.39. The zero-order chi connectivity index (χ0) is 11.8. The van der Waals surface area contributed by atoms with E-state index in [-0.39, 0.29) is 11.9 Å². The van der Waals surface area contributed by atoms with Crippen molar-refractivity contribution >= 4 is 17.7 Å². The fourth-order valence-electron chi connectivity index (χ4n) is 1.44. The van der Waals surface area contributed by atoms with Gasteiger partial charge < -0.3 is 10.6 Å². The van der Waals surface area contributed by atoms with Gasteiger partial charge >= 0.3 is 0 Å². The molecule has 0 heterocycles. The highest BCUT2D eigenvalue weighted by Crippen LogP contribution is 2.07. The summed E-state index contributed by atoms with van der Waals surface area (Å²) in [5, 5.41) is 0. The Balaban J connectivity index is 3.97. The maximum Gasteiger partial charge on any atom is 0.224 e. The average molecular weight is 232 g/mol. The molecule has 0 fully saturated rings. The maximum atomic E-state index is 11.8. The molecule has 4 heteroatoms. The van der Waals surface area contributed by atoms with E-state index in [1.165, 1.54) is 0 Å². The number of hydrogen-bond acceptors (Lipinski definition) is 3. The summed E-state index contributed by atoms with van der Waals surface area (Å²) in [5.74, 6) is 1.14. The summed E-state index contributed by atoms with van der Waals surface area (Å²) in [6.07, 6.45) is 4.50. The number of thioether (sulfide) groups is 1. The molecule has 0 aliphatic heterocycles. The van der Waals surface area contributed by atoms with Crippen molar-refractivity contribution in [1.29, 1.82) is 0 Å². The van der Waals surface area contributed by atoms with Crippen LogP contribution in [0.1, 0.15) is 33.1 Å². The number of rotatable bonds is 7. The molecule has 2 atom stereocenters. The first-order chi connectivity index (χ1) is 7.02. The van der Waals surface area contributed by atoms with Gasteiger partial charge in [0.25, 0.3) is 0 Å². The van der Waals surface area contributed by atoms with E-state index in [4.69, 9.17) is 5.73 Å². The second-order valence-electron chi connectivity index (χ2n) is 4.06. The molecule has 0 saturated carbocycles. The molecule has 2 N–H and O–H groups in total. The van der Waals surface area contributed by atoms with E-state index in [9.17, 15) is 4.79 Å². The fourth-order valence-corrected chi connectivity index (χ4v) is 2.15. The van der Waals surface area contributed by atoms with Gasteiger partial charge in [0.05, 0.1) is 0 Å². The lowest BCUT2D eigenvalue weighted by molar-refractivity contribution is -0.131. The largest absolute Gasteiger partial charge is 0.342 e. The Hall–Kier alpha value is -0.220. The van der Waals surface area contributed by atoms with Gasteiger partial charge in [0, 0.05) is 31.3 Å². The van der Waals surface area contributed by atoms with Gasteiger partial charge in [-0.1, -0.05) is 13.3 Å². The first-order valence-corrected chi connectivity index (χ1v) is 6.92. The fraction of sp³-hybridized carbons (Fsp3) is 0.909. The van der Waals surface area contributed by atoms with Crippen molar-refractivity contribution in [2.75, 3.05) is 19.1 Å². The highest BCUT2D eigenvalue weighted by molar-refractivity contribution is 7.98. The second kappa shape index (κ2) is 7.99. The van der Waals surface area contributed by atoms with Crippen molar-refractivity contribution in [3.63, 3.8) is 0 Å². The third-order valence-corrected chi connectivity index (χ3v) is 3.37. The van der Waals surface area contributed by atoms with Gasteiger partial charge in [-0.25, -0.2) is 0 Å². The summed E-state index contributed by atoms with van der Waals surface area (Å²) in [4.78, 5) is 13.6. The molecule has 0 spiro atoms. The van der Waals surface area contributed by atoms with Gasteiger partial charge in [-0.3, -0.25) is 4.79 Å². The van der Waals surface area contributed by atoms with Crippen LogP contribution in [0.15, 0.2) is 0 Å². The number of nitrogens with zero attached hydrogens (tertiary/aromatic N) is 1. The molecular formula is C11H24N2OS. The zero-order valence-corrected chi connectivity index (χ0v) is 11.1. The van der Waals surface area contributed by atoms with E-state index in [0.29, 0.717) is 12.5 Å². The number of carbonyl (C=O) groups excluding carboxylic acids is 1. The lowest BCUT2D eigenvalue weighted by Gasteiger charge is -2.25. The third kappa shape index (κ3) is 6.05. The van der Waals surface area contributed by atoms with Crippen LogP contribution in [0.5, 0.6) is 0 Å². The summed E-state index contributed by atoms with van der Waals surface area (Å²) < 4.78 is 0. The molecule has 15 heavy (non-hydrogen) atoms. The van der Waals surface area contributed by atoms with E-state index in [2.05, 4.69) is 20.1 Å². The van der Waals surface area contributed by atoms with Crippen molar-refractivity contribution in [2.45, 2.75) is 45.2 Å². The third-order valence-electron chi connectivity index (χ3n) is 2.56. The van der Waals surface area contributed by atoms with Crippen molar-refractivity contribution < 1.29 is 4.79 Å². The first-order valence-electron chi connectivity index (χ1n) is 5.53. The standard InChI is InChI=1S/C11H24N2OS/c1-5-6-10(12)7-11(14)13(3)9(2)8-15-4/h9-10H,5-8,12H2,1-4H3. The minimum absolute atomic E-state index is 0.0198. The van der Waals surface area contributed by atoms with E-state index < -0.39 is 0 Å². The van der Waals surface area contributed by atoms with Crippen LogP contribution in [0.3, 0.4) is 0 Å². The van der Waals surface area contributed by atoms with Crippen LogP contribution in [0.25, 0.3) is 0 Å². The number of amides is 1. The number of carbonyl (C=O) groups is 1. The summed E-state index contributed by atoms with van der Waals surface area (Å²) in [7, 11) is 1.86. The Morgan fingerprint density at radius 3 is 2.60 bits per heavy atom. The van der Waals surface area contributed by atoms with Gasteiger partial charge in [-0.05, 0) is 19.6 Å². The van der Waals surface area contributed by atoms with E-state index in [1.54, 1.807) is 11.8 Å². The summed E-state index contributed by atoms with van der Waals surface area (Å²) in [6, 6.07) is 0.313. The van der Waals surface area contributed by atoms with Crippen LogP contribution < -0.4 is 5.73 Å². The molecule has 0 rings (SSSR count). The lowest BCUT2D eigenvalue weighted by atomic mass is 10.1. The monoisotopic (exact) mass is 232 g/mol. The van der Waals surface area contributed by atoms with E-state index in [1.807, 2.05) is 11.9 Å². The van der Waals surface area contributed by atoms with Gasteiger partial charge in [-0.2, -0.15) is 11.8 Å². The summed E-state index contributed by atoms with van der Waals surface area (Å²) in [6.45, 7) is 4.16. The number of nitrogens with two attached hydrogens (primary N) is 1. The smallest absolute Gasteiger partial charge is 0.224 e. The predicted molar refractivity (Wildman–Crippen MR) is 68.1 cm³/mol. The molecular weight excluding hydrogens is 208 g/mol.